The van der Waals surface area contributed by atoms with Crippen molar-refractivity contribution >= 4 is 11.6 Å². The van der Waals surface area contributed by atoms with Crippen LogP contribution in [0.2, 0.25) is 5.02 Å². The summed E-state index contributed by atoms with van der Waals surface area (Å²) in [5.74, 6) is 0. The van der Waals surface area contributed by atoms with Crippen LogP contribution in [0, 0.1) is 0 Å². The van der Waals surface area contributed by atoms with Crippen molar-refractivity contribution < 1.29 is 0 Å². The van der Waals surface area contributed by atoms with Crippen molar-refractivity contribution in [2.24, 2.45) is 5.73 Å². The highest BCUT2D eigenvalue weighted by Crippen LogP contribution is 2.32. The summed E-state index contributed by atoms with van der Waals surface area (Å²) >= 11 is 6.15. The molecule has 0 aromatic heterocycles. The van der Waals surface area contributed by atoms with Crippen LogP contribution in [0.15, 0.2) is 18.2 Å². The molecule has 0 bridgehead atoms. The van der Waals surface area contributed by atoms with Crippen LogP contribution in [0.5, 0.6) is 0 Å². The van der Waals surface area contributed by atoms with E-state index in [0.717, 1.165) is 17.1 Å². The maximum absolute atomic E-state index is 6.15. The maximum atomic E-state index is 6.15. The van der Waals surface area contributed by atoms with Crippen LogP contribution >= 0.6 is 11.6 Å². The van der Waals surface area contributed by atoms with Gasteiger partial charge in [0.05, 0.1) is 0 Å². The van der Waals surface area contributed by atoms with Gasteiger partial charge in [-0.3, -0.25) is 4.90 Å². The van der Waals surface area contributed by atoms with Gasteiger partial charge in [-0.2, -0.15) is 0 Å². The summed E-state index contributed by atoms with van der Waals surface area (Å²) in [6.07, 6.45) is 1.27. The summed E-state index contributed by atoms with van der Waals surface area (Å²) in [4.78, 5) is 2.47. The Balaban J connectivity index is 2.18. The van der Waals surface area contributed by atoms with Gasteiger partial charge in [0, 0.05) is 30.2 Å². The van der Waals surface area contributed by atoms with Gasteiger partial charge < -0.3 is 5.73 Å². The van der Waals surface area contributed by atoms with Crippen molar-refractivity contribution in [2.75, 3.05) is 6.54 Å². The predicted molar refractivity (Wildman–Crippen MR) is 68.4 cm³/mol. The van der Waals surface area contributed by atoms with Crippen LogP contribution in [-0.2, 0) is 13.1 Å². The van der Waals surface area contributed by atoms with E-state index in [0.29, 0.717) is 12.1 Å². The van der Waals surface area contributed by atoms with E-state index in [4.69, 9.17) is 17.3 Å². The van der Waals surface area contributed by atoms with Crippen molar-refractivity contribution in [2.45, 2.75) is 38.9 Å². The van der Waals surface area contributed by atoms with Crippen LogP contribution in [0.3, 0.4) is 0 Å². The zero-order valence-electron chi connectivity index (χ0n) is 9.96. The number of nitrogens with two attached hydrogens (primary N) is 1. The SMILES string of the molecule is CC1(C)CCN1Cc1cccc(Cl)c1CN. The van der Waals surface area contributed by atoms with Gasteiger partial charge in [0.25, 0.3) is 0 Å². The number of rotatable bonds is 3. The molecule has 0 unspecified atom stereocenters. The largest absolute Gasteiger partial charge is 0.326 e. The molecule has 2 N–H and O–H groups in total. The minimum absolute atomic E-state index is 0.328. The Labute approximate surface area is 102 Å². The second-order valence-corrected chi connectivity index (χ2v) is 5.47. The molecule has 1 aliphatic rings. The molecule has 0 aliphatic carbocycles. The molecule has 1 saturated heterocycles. The summed E-state index contributed by atoms with van der Waals surface area (Å²) in [5, 5.41) is 0.790. The molecular formula is C13H19ClN2. The smallest absolute Gasteiger partial charge is 0.0454 e. The summed E-state index contributed by atoms with van der Waals surface area (Å²) in [6.45, 7) is 7.21. The van der Waals surface area contributed by atoms with Crippen LogP contribution in [-0.4, -0.2) is 17.0 Å². The van der Waals surface area contributed by atoms with E-state index in [-0.39, 0.29) is 0 Å². The molecule has 2 nitrogen and oxygen atoms in total. The first-order chi connectivity index (χ1) is 7.54. The lowest BCUT2D eigenvalue weighted by molar-refractivity contribution is 0.00774. The fourth-order valence-corrected chi connectivity index (χ4v) is 2.47. The standard InChI is InChI=1S/C13H19ClN2/c1-13(2)6-7-16(13)9-10-4-3-5-12(14)11(10)8-15/h3-5H,6-9,15H2,1-2H3. The average molecular weight is 239 g/mol. The van der Waals surface area contributed by atoms with Crippen LogP contribution < -0.4 is 5.73 Å². The summed E-state index contributed by atoms with van der Waals surface area (Å²) in [5.41, 5.74) is 8.44. The van der Waals surface area contributed by atoms with Crippen molar-refractivity contribution in [3.05, 3.63) is 34.3 Å². The molecule has 3 heteroatoms. The van der Waals surface area contributed by atoms with E-state index < -0.39 is 0 Å². The minimum atomic E-state index is 0.328. The molecule has 0 amide bonds. The zero-order chi connectivity index (χ0) is 11.8. The molecular weight excluding hydrogens is 220 g/mol. The van der Waals surface area contributed by atoms with Crippen molar-refractivity contribution in [3.63, 3.8) is 0 Å². The van der Waals surface area contributed by atoms with Crippen LogP contribution in [0.4, 0.5) is 0 Å². The number of benzene rings is 1. The van der Waals surface area contributed by atoms with E-state index in [1.54, 1.807) is 0 Å². The monoisotopic (exact) mass is 238 g/mol. The van der Waals surface area contributed by atoms with E-state index in [1.165, 1.54) is 18.5 Å². The van der Waals surface area contributed by atoms with Gasteiger partial charge >= 0.3 is 0 Å². The Hall–Kier alpha value is -0.570. The van der Waals surface area contributed by atoms with E-state index >= 15 is 0 Å². The van der Waals surface area contributed by atoms with Gasteiger partial charge in [-0.15, -0.1) is 0 Å². The van der Waals surface area contributed by atoms with Gasteiger partial charge in [-0.25, -0.2) is 0 Å². The number of hydrogen-bond acceptors (Lipinski definition) is 2. The molecule has 1 heterocycles. The Morgan fingerprint density at radius 3 is 2.69 bits per heavy atom. The van der Waals surface area contributed by atoms with Gasteiger partial charge in [0.2, 0.25) is 0 Å². The van der Waals surface area contributed by atoms with E-state index in [1.807, 2.05) is 12.1 Å². The lowest BCUT2D eigenvalue weighted by Gasteiger charge is -2.48. The normalized spacial score (nSPS) is 19.5. The molecule has 0 radical (unpaired) electrons. The molecule has 1 aromatic rings. The summed E-state index contributed by atoms with van der Waals surface area (Å²) < 4.78 is 0. The van der Waals surface area contributed by atoms with Crippen molar-refractivity contribution in [3.8, 4) is 0 Å². The highest BCUT2D eigenvalue weighted by atomic mass is 35.5. The highest BCUT2D eigenvalue weighted by molar-refractivity contribution is 6.31. The predicted octanol–water partition coefficient (Wildman–Crippen LogP) is 2.78. The van der Waals surface area contributed by atoms with Gasteiger partial charge in [-0.05, 0) is 37.5 Å². The molecule has 1 aliphatic heterocycles. The third kappa shape index (κ3) is 2.10. The lowest BCUT2D eigenvalue weighted by atomic mass is 9.88. The molecule has 0 atom stereocenters. The molecule has 16 heavy (non-hydrogen) atoms. The van der Waals surface area contributed by atoms with Crippen LogP contribution in [0.25, 0.3) is 0 Å². The van der Waals surface area contributed by atoms with Crippen molar-refractivity contribution in [1.29, 1.82) is 0 Å². The third-order valence-electron chi connectivity index (χ3n) is 3.63. The molecule has 1 aromatic carbocycles. The number of likely N-dealkylation sites (tertiary alicyclic amines) is 1. The minimum Gasteiger partial charge on any atom is -0.326 e. The first-order valence-electron chi connectivity index (χ1n) is 5.76. The number of nitrogens with zero attached hydrogens (tertiary/aromatic N) is 1. The van der Waals surface area contributed by atoms with Gasteiger partial charge in [0.15, 0.2) is 0 Å². The molecule has 0 saturated carbocycles. The second-order valence-electron chi connectivity index (χ2n) is 5.07. The Bertz CT molecular complexity index is 388. The number of hydrogen-bond donors (Lipinski definition) is 1. The molecule has 1 fully saturated rings. The first kappa shape index (κ1) is 11.9. The fraction of sp³-hybridized carbons (Fsp3) is 0.538. The fourth-order valence-electron chi connectivity index (χ4n) is 2.20. The average Bonchev–Trinajstić information content (AvgIpc) is 2.24. The lowest BCUT2D eigenvalue weighted by Crippen LogP contribution is -2.55. The molecule has 0 spiro atoms. The van der Waals surface area contributed by atoms with Crippen molar-refractivity contribution in [1.82, 2.24) is 4.90 Å². The molecule has 88 valence electrons. The third-order valence-corrected chi connectivity index (χ3v) is 3.98. The first-order valence-corrected chi connectivity index (χ1v) is 6.14. The zero-order valence-corrected chi connectivity index (χ0v) is 10.7. The van der Waals surface area contributed by atoms with Gasteiger partial charge in [0.1, 0.15) is 0 Å². The highest BCUT2D eigenvalue weighted by Gasteiger charge is 2.35. The Morgan fingerprint density at radius 2 is 2.19 bits per heavy atom. The van der Waals surface area contributed by atoms with Gasteiger partial charge in [-0.1, -0.05) is 23.7 Å². The van der Waals surface area contributed by atoms with E-state index in [9.17, 15) is 0 Å². The quantitative estimate of drug-likeness (QED) is 0.878. The second kappa shape index (κ2) is 4.36. The Kier molecular flexibility index (Phi) is 3.24. The van der Waals surface area contributed by atoms with E-state index in [2.05, 4.69) is 24.8 Å². The Morgan fingerprint density at radius 1 is 1.44 bits per heavy atom. The maximum Gasteiger partial charge on any atom is 0.0454 e. The summed E-state index contributed by atoms with van der Waals surface area (Å²) in [7, 11) is 0. The molecule has 2 rings (SSSR count). The van der Waals surface area contributed by atoms with Crippen LogP contribution in [0.1, 0.15) is 31.4 Å². The summed E-state index contributed by atoms with van der Waals surface area (Å²) in [6, 6.07) is 6.04. The number of halogens is 1. The topological polar surface area (TPSA) is 29.3 Å².